The molecule has 0 bridgehead atoms. The molecule has 3 aromatic rings. The number of β-amino-alcohol motifs (C(OH)–C–C–N with tert-alkyl or cyclic N) is 1. The monoisotopic (exact) mass is 360 g/mol. The van der Waals surface area contributed by atoms with Crippen molar-refractivity contribution in [2.75, 3.05) is 13.1 Å². The third-order valence-electron chi connectivity index (χ3n) is 5.00. The van der Waals surface area contributed by atoms with E-state index in [1.165, 1.54) is 12.4 Å². The number of carbonyl (C=O) groups excluding carboxylic acids is 1. The van der Waals surface area contributed by atoms with Crippen molar-refractivity contribution in [1.82, 2.24) is 19.9 Å². The maximum Gasteiger partial charge on any atom is 0.257 e. The Morgan fingerprint density at radius 3 is 2.59 bits per heavy atom. The van der Waals surface area contributed by atoms with E-state index in [1.807, 2.05) is 43.3 Å². The van der Waals surface area contributed by atoms with Crippen molar-refractivity contribution in [3.63, 3.8) is 0 Å². The third-order valence-corrected chi connectivity index (χ3v) is 5.00. The zero-order valence-corrected chi connectivity index (χ0v) is 15.0. The number of aryl methyl sites for hydroxylation is 1. The number of pyridine rings is 1. The first-order valence-electron chi connectivity index (χ1n) is 8.87. The molecule has 0 spiro atoms. The van der Waals surface area contributed by atoms with E-state index < -0.39 is 5.60 Å². The molecule has 3 heterocycles. The molecule has 1 amide bonds. The Balaban J connectivity index is 1.52. The number of aromatic nitrogens is 3. The van der Waals surface area contributed by atoms with E-state index in [4.69, 9.17) is 0 Å². The summed E-state index contributed by atoms with van der Waals surface area (Å²) in [5, 5.41) is 11.1. The summed E-state index contributed by atoms with van der Waals surface area (Å²) >= 11 is 0. The predicted molar refractivity (Wildman–Crippen MR) is 101 cm³/mol. The van der Waals surface area contributed by atoms with E-state index in [-0.39, 0.29) is 12.5 Å². The molecule has 1 N–H and O–H groups in total. The highest BCUT2D eigenvalue weighted by Crippen LogP contribution is 2.34. The van der Waals surface area contributed by atoms with E-state index in [2.05, 4.69) is 15.0 Å². The average Bonchev–Trinajstić information content (AvgIpc) is 3.12. The second kappa shape index (κ2) is 6.89. The number of hydrogen-bond donors (Lipinski definition) is 1. The van der Waals surface area contributed by atoms with Crippen molar-refractivity contribution in [3.05, 3.63) is 77.9 Å². The van der Waals surface area contributed by atoms with Crippen LogP contribution >= 0.6 is 0 Å². The molecule has 6 nitrogen and oxygen atoms in total. The van der Waals surface area contributed by atoms with Crippen LogP contribution in [-0.4, -0.2) is 44.0 Å². The number of aliphatic hydroxyl groups is 1. The van der Waals surface area contributed by atoms with Crippen molar-refractivity contribution >= 4 is 5.91 Å². The minimum Gasteiger partial charge on any atom is -0.383 e. The molecule has 1 aliphatic rings. The van der Waals surface area contributed by atoms with Crippen LogP contribution < -0.4 is 0 Å². The zero-order chi connectivity index (χ0) is 18.9. The molecule has 1 atom stereocenters. The standard InChI is InChI=1S/C21H20N4O2/c1-15-5-2-3-7-18(15)21(27)8-10-25(14-21)20(26)17-12-23-19(24-13-17)16-6-4-9-22-11-16/h2-7,9,11-13,27H,8,10,14H2,1H3. The fourth-order valence-electron chi connectivity index (χ4n) is 3.55. The molecular formula is C21H20N4O2. The van der Waals surface area contributed by atoms with E-state index in [9.17, 15) is 9.90 Å². The summed E-state index contributed by atoms with van der Waals surface area (Å²) in [6.07, 6.45) is 6.94. The molecule has 1 aliphatic heterocycles. The molecule has 27 heavy (non-hydrogen) atoms. The number of rotatable bonds is 3. The lowest BCUT2D eigenvalue weighted by atomic mass is 9.89. The molecule has 4 rings (SSSR count). The topological polar surface area (TPSA) is 79.2 Å². The van der Waals surface area contributed by atoms with E-state index in [0.717, 1.165) is 16.7 Å². The summed E-state index contributed by atoms with van der Waals surface area (Å²) < 4.78 is 0. The normalized spacial score (nSPS) is 19.3. The predicted octanol–water partition coefficient (Wildman–Crippen LogP) is 2.58. The zero-order valence-electron chi connectivity index (χ0n) is 15.0. The molecule has 1 saturated heterocycles. The summed E-state index contributed by atoms with van der Waals surface area (Å²) in [6, 6.07) is 11.4. The average molecular weight is 360 g/mol. The van der Waals surface area contributed by atoms with Crippen LogP contribution in [0, 0.1) is 6.92 Å². The van der Waals surface area contributed by atoms with Gasteiger partial charge < -0.3 is 10.0 Å². The van der Waals surface area contributed by atoms with Crippen molar-refractivity contribution in [2.45, 2.75) is 18.9 Å². The van der Waals surface area contributed by atoms with Gasteiger partial charge in [-0.15, -0.1) is 0 Å². The van der Waals surface area contributed by atoms with E-state index in [1.54, 1.807) is 17.3 Å². The van der Waals surface area contributed by atoms with Crippen LogP contribution in [0.5, 0.6) is 0 Å². The Bertz CT molecular complexity index is 959. The maximum atomic E-state index is 12.8. The molecule has 1 aromatic carbocycles. The quantitative estimate of drug-likeness (QED) is 0.777. The van der Waals surface area contributed by atoms with Gasteiger partial charge in [-0.3, -0.25) is 9.78 Å². The first-order chi connectivity index (χ1) is 13.1. The van der Waals surface area contributed by atoms with Crippen LogP contribution in [0.25, 0.3) is 11.4 Å². The number of likely N-dealkylation sites (tertiary alicyclic amines) is 1. The Morgan fingerprint density at radius 1 is 1.11 bits per heavy atom. The molecule has 1 unspecified atom stereocenters. The molecule has 0 radical (unpaired) electrons. The molecule has 0 saturated carbocycles. The van der Waals surface area contributed by atoms with Gasteiger partial charge >= 0.3 is 0 Å². The van der Waals surface area contributed by atoms with E-state index >= 15 is 0 Å². The van der Waals surface area contributed by atoms with E-state index in [0.29, 0.717) is 24.4 Å². The van der Waals surface area contributed by atoms with Gasteiger partial charge in [0.25, 0.3) is 5.91 Å². The second-order valence-electron chi connectivity index (χ2n) is 6.86. The lowest BCUT2D eigenvalue weighted by molar-refractivity contribution is 0.0412. The summed E-state index contributed by atoms with van der Waals surface area (Å²) in [7, 11) is 0. The van der Waals surface area contributed by atoms with Crippen molar-refractivity contribution in [1.29, 1.82) is 0 Å². The number of hydrogen-bond acceptors (Lipinski definition) is 5. The number of nitrogens with zero attached hydrogens (tertiary/aromatic N) is 4. The number of amides is 1. The van der Waals surface area contributed by atoms with Gasteiger partial charge in [0.15, 0.2) is 5.82 Å². The minimum atomic E-state index is -1.02. The lowest BCUT2D eigenvalue weighted by Gasteiger charge is -2.25. The van der Waals surface area contributed by atoms with Crippen molar-refractivity contribution in [2.24, 2.45) is 0 Å². The van der Waals surface area contributed by atoms with Crippen LogP contribution in [0.1, 0.15) is 27.9 Å². The summed E-state index contributed by atoms with van der Waals surface area (Å²) in [5.41, 5.74) is 2.10. The molecule has 136 valence electrons. The van der Waals surface area contributed by atoms with Gasteiger partial charge in [-0.05, 0) is 36.6 Å². The number of benzene rings is 1. The van der Waals surface area contributed by atoms with Gasteiger partial charge in [0.05, 0.1) is 12.1 Å². The highest BCUT2D eigenvalue weighted by Gasteiger charge is 2.40. The van der Waals surface area contributed by atoms with Gasteiger partial charge in [0.1, 0.15) is 5.60 Å². The fraction of sp³-hybridized carbons (Fsp3) is 0.238. The van der Waals surface area contributed by atoms with Gasteiger partial charge in [-0.2, -0.15) is 0 Å². The highest BCUT2D eigenvalue weighted by atomic mass is 16.3. The van der Waals surface area contributed by atoms with Gasteiger partial charge in [0, 0.05) is 36.9 Å². The van der Waals surface area contributed by atoms with Crippen LogP contribution in [0.15, 0.2) is 61.2 Å². The Kier molecular flexibility index (Phi) is 4.41. The maximum absolute atomic E-state index is 12.8. The Morgan fingerprint density at radius 2 is 1.89 bits per heavy atom. The third kappa shape index (κ3) is 3.31. The molecule has 0 aliphatic carbocycles. The Labute approximate surface area is 157 Å². The Hall–Kier alpha value is -3.12. The summed E-state index contributed by atoms with van der Waals surface area (Å²) in [5.74, 6) is 0.356. The minimum absolute atomic E-state index is 0.169. The van der Waals surface area contributed by atoms with Crippen LogP contribution in [0.3, 0.4) is 0 Å². The fourth-order valence-corrected chi connectivity index (χ4v) is 3.55. The van der Waals surface area contributed by atoms with Gasteiger partial charge in [0.2, 0.25) is 0 Å². The molecule has 1 fully saturated rings. The van der Waals surface area contributed by atoms with Crippen LogP contribution in [-0.2, 0) is 5.60 Å². The summed E-state index contributed by atoms with van der Waals surface area (Å²) in [4.78, 5) is 27.1. The smallest absolute Gasteiger partial charge is 0.257 e. The highest BCUT2D eigenvalue weighted by molar-refractivity contribution is 5.94. The lowest BCUT2D eigenvalue weighted by Crippen LogP contribution is -2.35. The molecular weight excluding hydrogens is 340 g/mol. The van der Waals surface area contributed by atoms with Crippen molar-refractivity contribution in [3.8, 4) is 11.4 Å². The largest absolute Gasteiger partial charge is 0.383 e. The number of carbonyl (C=O) groups is 1. The van der Waals surface area contributed by atoms with Crippen molar-refractivity contribution < 1.29 is 9.90 Å². The summed E-state index contributed by atoms with van der Waals surface area (Å²) in [6.45, 7) is 2.73. The first-order valence-corrected chi connectivity index (χ1v) is 8.87. The molecule has 6 heteroatoms. The van der Waals surface area contributed by atoms with Crippen LogP contribution in [0.2, 0.25) is 0 Å². The second-order valence-corrected chi connectivity index (χ2v) is 6.86. The SMILES string of the molecule is Cc1ccccc1C1(O)CCN(C(=O)c2cnc(-c3cccnc3)nc2)C1. The van der Waals surface area contributed by atoms with Gasteiger partial charge in [-0.25, -0.2) is 9.97 Å². The molecule has 2 aromatic heterocycles. The first kappa shape index (κ1) is 17.3. The van der Waals surface area contributed by atoms with Crippen LogP contribution in [0.4, 0.5) is 0 Å². The van der Waals surface area contributed by atoms with Gasteiger partial charge in [-0.1, -0.05) is 24.3 Å².